The topological polar surface area (TPSA) is 91.8 Å². The minimum atomic E-state index is -3.41. The zero-order chi connectivity index (χ0) is 19.0. The van der Waals surface area contributed by atoms with E-state index in [4.69, 9.17) is 4.74 Å². The van der Waals surface area contributed by atoms with Crippen molar-refractivity contribution in [2.75, 3.05) is 21.2 Å². The van der Waals surface area contributed by atoms with E-state index in [1.54, 1.807) is 38.4 Å². The Labute approximate surface area is 177 Å². The maximum Gasteiger partial charge on any atom is 0.240 e. The Morgan fingerprint density at radius 3 is 2.22 bits per heavy atom. The Balaban J connectivity index is 0.00000364. The number of ether oxygens (including phenoxy) is 1. The van der Waals surface area contributed by atoms with Gasteiger partial charge in [0.2, 0.25) is 10.0 Å². The van der Waals surface area contributed by atoms with Crippen molar-refractivity contribution in [2.45, 2.75) is 18.0 Å². The van der Waals surface area contributed by atoms with E-state index in [2.05, 4.69) is 20.3 Å². The van der Waals surface area contributed by atoms with Gasteiger partial charge in [-0.1, -0.05) is 24.3 Å². The molecule has 9 heteroatoms. The number of benzene rings is 2. The lowest BCUT2D eigenvalue weighted by atomic mass is 10.2. The Morgan fingerprint density at radius 1 is 1.04 bits per heavy atom. The van der Waals surface area contributed by atoms with Gasteiger partial charge in [-0.05, 0) is 42.4 Å². The van der Waals surface area contributed by atoms with Gasteiger partial charge >= 0.3 is 0 Å². The second kappa shape index (κ2) is 11.1. The third-order valence-electron chi connectivity index (χ3n) is 3.78. The lowest BCUT2D eigenvalue weighted by molar-refractivity contribution is 0.414. The standard InChI is InChI=1S/C18H24N4O3S.HI/c1-19-18(22-13-15-5-4-6-16(11-15)25-3)21-12-14-7-9-17(10-8-14)26(23,24)20-2;/h4-11,20H,12-13H2,1-3H3,(H2,19,21,22);1H. The molecule has 0 saturated carbocycles. The maximum absolute atomic E-state index is 11.7. The van der Waals surface area contributed by atoms with Crippen LogP contribution in [0.25, 0.3) is 0 Å². The fourth-order valence-corrected chi connectivity index (χ4v) is 3.01. The smallest absolute Gasteiger partial charge is 0.240 e. The molecule has 148 valence electrons. The van der Waals surface area contributed by atoms with Crippen LogP contribution in [0.2, 0.25) is 0 Å². The predicted octanol–water partition coefficient (Wildman–Crippen LogP) is 2.09. The highest BCUT2D eigenvalue weighted by Crippen LogP contribution is 2.12. The molecule has 0 heterocycles. The van der Waals surface area contributed by atoms with E-state index in [0.29, 0.717) is 19.0 Å². The van der Waals surface area contributed by atoms with Crippen molar-refractivity contribution in [1.82, 2.24) is 15.4 Å². The number of nitrogens with one attached hydrogen (secondary N) is 3. The summed E-state index contributed by atoms with van der Waals surface area (Å²) in [5, 5.41) is 6.43. The SMILES string of the molecule is CN=C(NCc1ccc(S(=O)(=O)NC)cc1)NCc1cccc(OC)c1.I. The molecule has 0 saturated heterocycles. The molecule has 7 nitrogen and oxygen atoms in total. The second-order valence-electron chi connectivity index (χ2n) is 5.48. The first kappa shape index (κ1) is 23.2. The summed E-state index contributed by atoms with van der Waals surface area (Å²) in [6.07, 6.45) is 0. The van der Waals surface area contributed by atoms with Crippen molar-refractivity contribution in [1.29, 1.82) is 0 Å². The summed E-state index contributed by atoms with van der Waals surface area (Å²) in [6, 6.07) is 14.5. The fraction of sp³-hybridized carbons (Fsp3) is 0.278. The predicted molar refractivity (Wildman–Crippen MR) is 118 cm³/mol. The molecule has 2 rings (SSSR count). The molecule has 0 aliphatic rings. The van der Waals surface area contributed by atoms with Gasteiger partial charge in [-0.2, -0.15) is 0 Å². The monoisotopic (exact) mass is 504 g/mol. The summed E-state index contributed by atoms with van der Waals surface area (Å²) >= 11 is 0. The van der Waals surface area contributed by atoms with E-state index in [1.165, 1.54) is 7.05 Å². The van der Waals surface area contributed by atoms with E-state index in [9.17, 15) is 8.42 Å². The van der Waals surface area contributed by atoms with Gasteiger partial charge in [0.05, 0.1) is 12.0 Å². The number of hydrogen-bond acceptors (Lipinski definition) is 4. The zero-order valence-corrected chi connectivity index (χ0v) is 18.7. The summed E-state index contributed by atoms with van der Waals surface area (Å²) in [6.45, 7) is 1.13. The van der Waals surface area contributed by atoms with Crippen LogP contribution in [0.4, 0.5) is 0 Å². The number of guanidine groups is 1. The van der Waals surface area contributed by atoms with Gasteiger partial charge in [-0.3, -0.25) is 4.99 Å². The van der Waals surface area contributed by atoms with Gasteiger partial charge in [0, 0.05) is 20.1 Å². The molecule has 0 unspecified atom stereocenters. The third kappa shape index (κ3) is 7.00. The van der Waals surface area contributed by atoms with Gasteiger partial charge in [-0.25, -0.2) is 13.1 Å². The van der Waals surface area contributed by atoms with Gasteiger partial charge in [0.1, 0.15) is 5.75 Å². The molecule has 3 N–H and O–H groups in total. The van der Waals surface area contributed by atoms with Crippen LogP contribution in [0.5, 0.6) is 5.75 Å². The van der Waals surface area contributed by atoms with E-state index in [1.807, 2.05) is 24.3 Å². The van der Waals surface area contributed by atoms with Gasteiger partial charge < -0.3 is 15.4 Å². The Bertz CT molecular complexity index is 855. The van der Waals surface area contributed by atoms with Gasteiger partial charge in [-0.15, -0.1) is 24.0 Å². The van der Waals surface area contributed by atoms with E-state index in [0.717, 1.165) is 16.9 Å². The molecular weight excluding hydrogens is 479 g/mol. The summed E-state index contributed by atoms with van der Waals surface area (Å²) in [5.74, 6) is 1.46. The Hall–Kier alpha value is -1.85. The lowest BCUT2D eigenvalue weighted by Gasteiger charge is -2.13. The Kier molecular flexibility index (Phi) is 9.53. The van der Waals surface area contributed by atoms with Gasteiger partial charge in [0.25, 0.3) is 0 Å². The van der Waals surface area contributed by atoms with Crippen LogP contribution in [0.15, 0.2) is 58.4 Å². The first-order valence-electron chi connectivity index (χ1n) is 8.08. The molecule has 0 aliphatic heterocycles. The molecular formula is C18H25IN4O3S. The van der Waals surface area contributed by atoms with Crippen molar-refractivity contribution in [3.63, 3.8) is 0 Å². The highest BCUT2D eigenvalue weighted by Gasteiger charge is 2.10. The number of hydrogen-bond donors (Lipinski definition) is 3. The zero-order valence-electron chi connectivity index (χ0n) is 15.5. The molecule has 27 heavy (non-hydrogen) atoms. The van der Waals surface area contributed by atoms with E-state index < -0.39 is 10.0 Å². The summed E-state index contributed by atoms with van der Waals surface area (Å²) in [5.41, 5.74) is 2.03. The molecule has 0 aliphatic carbocycles. The molecule has 0 fully saturated rings. The summed E-state index contributed by atoms with van der Waals surface area (Å²) in [4.78, 5) is 4.43. The molecule has 0 amide bonds. The first-order valence-corrected chi connectivity index (χ1v) is 9.56. The average molecular weight is 504 g/mol. The van der Waals surface area contributed by atoms with Crippen LogP contribution in [-0.4, -0.2) is 35.6 Å². The van der Waals surface area contributed by atoms with Crippen LogP contribution in [0, 0.1) is 0 Å². The minimum absolute atomic E-state index is 0. The molecule has 2 aromatic rings. The summed E-state index contributed by atoms with van der Waals surface area (Å²) in [7, 11) is 1.32. The van der Waals surface area contributed by atoms with Crippen LogP contribution in [0.3, 0.4) is 0 Å². The number of rotatable bonds is 7. The first-order chi connectivity index (χ1) is 12.5. The number of halogens is 1. The molecule has 0 spiro atoms. The number of methoxy groups -OCH3 is 1. The maximum atomic E-state index is 11.7. The molecule has 0 radical (unpaired) electrons. The molecule has 0 atom stereocenters. The third-order valence-corrected chi connectivity index (χ3v) is 5.21. The van der Waals surface area contributed by atoms with Crippen molar-refractivity contribution < 1.29 is 13.2 Å². The average Bonchev–Trinajstić information content (AvgIpc) is 2.68. The molecule has 0 aromatic heterocycles. The minimum Gasteiger partial charge on any atom is -0.497 e. The van der Waals surface area contributed by atoms with Crippen LogP contribution >= 0.6 is 24.0 Å². The second-order valence-corrected chi connectivity index (χ2v) is 7.37. The van der Waals surface area contributed by atoms with Crippen molar-refractivity contribution >= 4 is 40.0 Å². The molecule has 0 bridgehead atoms. The lowest BCUT2D eigenvalue weighted by Crippen LogP contribution is -2.36. The highest BCUT2D eigenvalue weighted by molar-refractivity contribution is 14.0. The highest BCUT2D eigenvalue weighted by atomic mass is 127. The van der Waals surface area contributed by atoms with Crippen LogP contribution in [0.1, 0.15) is 11.1 Å². The van der Waals surface area contributed by atoms with E-state index in [-0.39, 0.29) is 28.9 Å². The largest absolute Gasteiger partial charge is 0.497 e. The van der Waals surface area contributed by atoms with E-state index >= 15 is 0 Å². The number of sulfonamides is 1. The number of aliphatic imine (C=N–C) groups is 1. The fourth-order valence-electron chi connectivity index (χ4n) is 2.28. The van der Waals surface area contributed by atoms with Crippen LogP contribution < -0.4 is 20.1 Å². The summed E-state index contributed by atoms with van der Waals surface area (Å²) < 4.78 is 31.0. The van der Waals surface area contributed by atoms with Crippen molar-refractivity contribution in [3.05, 3.63) is 59.7 Å². The molecule has 2 aromatic carbocycles. The van der Waals surface area contributed by atoms with Crippen molar-refractivity contribution in [3.8, 4) is 5.75 Å². The number of nitrogens with zero attached hydrogens (tertiary/aromatic N) is 1. The quantitative estimate of drug-likeness (QED) is 0.305. The van der Waals surface area contributed by atoms with Gasteiger partial charge in [0.15, 0.2) is 5.96 Å². The Morgan fingerprint density at radius 2 is 1.67 bits per heavy atom. The van der Waals surface area contributed by atoms with Crippen LogP contribution in [-0.2, 0) is 23.1 Å². The van der Waals surface area contributed by atoms with Crippen molar-refractivity contribution in [2.24, 2.45) is 4.99 Å². The normalized spacial score (nSPS) is 11.4.